The van der Waals surface area contributed by atoms with E-state index in [9.17, 15) is 4.79 Å². The molecule has 2 unspecified atom stereocenters. The maximum absolute atomic E-state index is 10.9. The molecule has 0 radical (unpaired) electrons. The summed E-state index contributed by atoms with van der Waals surface area (Å²) in [5.74, 6) is 1.65. The van der Waals surface area contributed by atoms with Crippen LogP contribution in [0, 0.1) is 11.8 Å². The molecule has 1 aliphatic carbocycles. The van der Waals surface area contributed by atoms with Crippen molar-refractivity contribution in [2.45, 2.75) is 39.0 Å². The number of rotatable bonds is 4. The first-order valence-corrected chi connectivity index (χ1v) is 5.62. The quantitative estimate of drug-likeness (QED) is 0.686. The zero-order valence-electron chi connectivity index (χ0n) is 9.09. The Morgan fingerprint density at radius 2 is 2.36 bits per heavy atom. The van der Waals surface area contributed by atoms with E-state index in [1.165, 1.54) is 31.8 Å². The first kappa shape index (κ1) is 11.3. The van der Waals surface area contributed by atoms with Gasteiger partial charge in [0.25, 0.3) is 0 Å². The van der Waals surface area contributed by atoms with Crippen molar-refractivity contribution < 1.29 is 4.79 Å². The van der Waals surface area contributed by atoms with Crippen LogP contribution in [0.2, 0.25) is 0 Å². The maximum atomic E-state index is 10.9. The molecule has 80 valence electrons. The lowest BCUT2D eigenvalue weighted by Gasteiger charge is -2.26. The number of hydrogen-bond donors (Lipinski definition) is 1. The minimum Gasteiger partial charge on any atom is -0.353 e. The second-order valence-corrected chi connectivity index (χ2v) is 4.42. The molecule has 1 rings (SSSR count). The van der Waals surface area contributed by atoms with Crippen LogP contribution in [0.3, 0.4) is 0 Å². The van der Waals surface area contributed by atoms with E-state index in [1.54, 1.807) is 0 Å². The highest BCUT2D eigenvalue weighted by molar-refractivity contribution is 5.86. The lowest BCUT2D eigenvalue weighted by Crippen LogP contribution is -2.25. The molecule has 2 nitrogen and oxygen atoms in total. The van der Waals surface area contributed by atoms with Crippen molar-refractivity contribution in [2.75, 3.05) is 6.54 Å². The van der Waals surface area contributed by atoms with Gasteiger partial charge in [-0.25, -0.2) is 0 Å². The van der Waals surface area contributed by atoms with Gasteiger partial charge >= 0.3 is 0 Å². The standard InChI is InChI=1S/C12H21NO/c1-3-12(14)13-8-7-11-6-4-5-10(2)9-11/h3,10-11H,1,4-9H2,2H3,(H,13,14). The van der Waals surface area contributed by atoms with Crippen LogP contribution in [0.15, 0.2) is 12.7 Å². The molecule has 0 heterocycles. The van der Waals surface area contributed by atoms with Crippen LogP contribution in [0.1, 0.15) is 39.0 Å². The van der Waals surface area contributed by atoms with Gasteiger partial charge in [0.15, 0.2) is 0 Å². The Hall–Kier alpha value is -0.790. The molecule has 1 N–H and O–H groups in total. The predicted octanol–water partition coefficient (Wildman–Crippen LogP) is 2.51. The molecule has 0 aliphatic heterocycles. The highest BCUT2D eigenvalue weighted by Gasteiger charge is 2.18. The van der Waals surface area contributed by atoms with E-state index in [2.05, 4.69) is 18.8 Å². The topological polar surface area (TPSA) is 29.1 Å². The van der Waals surface area contributed by atoms with Crippen LogP contribution in [-0.2, 0) is 4.79 Å². The second-order valence-electron chi connectivity index (χ2n) is 4.42. The molecule has 0 spiro atoms. The predicted molar refractivity (Wildman–Crippen MR) is 58.9 cm³/mol. The van der Waals surface area contributed by atoms with Crippen LogP contribution in [-0.4, -0.2) is 12.5 Å². The number of amides is 1. The summed E-state index contributed by atoms with van der Waals surface area (Å²) in [6, 6.07) is 0. The molecule has 1 saturated carbocycles. The molecule has 2 heteroatoms. The number of hydrogen-bond acceptors (Lipinski definition) is 1. The zero-order chi connectivity index (χ0) is 10.4. The molecule has 0 aromatic carbocycles. The molecule has 0 bridgehead atoms. The molecular formula is C12H21NO. The Morgan fingerprint density at radius 1 is 1.57 bits per heavy atom. The van der Waals surface area contributed by atoms with Crippen LogP contribution in [0.5, 0.6) is 0 Å². The summed E-state index contributed by atoms with van der Waals surface area (Å²) in [6.07, 6.45) is 7.89. The Balaban J connectivity index is 2.11. The molecular weight excluding hydrogens is 174 g/mol. The summed E-state index contributed by atoms with van der Waals surface area (Å²) in [7, 11) is 0. The Kier molecular flexibility index (Phi) is 4.71. The van der Waals surface area contributed by atoms with Gasteiger partial charge < -0.3 is 5.32 Å². The second kappa shape index (κ2) is 5.84. The van der Waals surface area contributed by atoms with Crippen molar-refractivity contribution in [3.8, 4) is 0 Å². The van der Waals surface area contributed by atoms with Gasteiger partial charge in [0.05, 0.1) is 0 Å². The fourth-order valence-corrected chi connectivity index (χ4v) is 2.29. The molecule has 1 aliphatic rings. The number of carbonyl (C=O) groups is 1. The number of carbonyl (C=O) groups excluding carboxylic acids is 1. The van der Waals surface area contributed by atoms with E-state index in [0.717, 1.165) is 24.8 Å². The first-order chi connectivity index (χ1) is 6.72. The van der Waals surface area contributed by atoms with Gasteiger partial charge in [0, 0.05) is 6.54 Å². The van der Waals surface area contributed by atoms with E-state index in [-0.39, 0.29) is 5.91 Å². The van der Waals surface area contributed by atoms with Gasteiger partial charge in [-0.05, 0) is 30.8 Å². The van der Waals surface area contributed by atoms with Crippen molar-refractivity contribution >= 4 is 5.91 Å². The summed E-state index contributed by atoms with van der Waals surface area (Å²) in [5, 5.41) is 2.84. The largest absolute Gasteiger partial charge is 0.353 e. The van der Waals surface area contributed by atoms with Crippen LogP contribution in [0.25, 0.3) is 0 Å². The summed E-state index contributed by atoms with van der Waals surface area (Å²) < 4.78 is 0. The van der Waals surface area contributed by atoms with Gasteiger partial charge in [-0.15, -0.1) is 0 Å². The molecule has 1 amide bonds. The zero-order valence-corrected chi connectivity index (χ0v) is 9.09. The maximum Gasteiger partial charge on any atom is 0.243 e. The van der Waals surface area contributed by atoms with Gasteiger partial charge in [0.1, 0.15) is 0 Å². The molecule has 0 aromatic rings. The van der Waals surface area contributed by atoms with Crippen molar-refractivity contribution in [1.29, 1.82) is 0 Å². The Morgan fingerprint density at radius 3 is 3.00 bits per heavy atom. The fraction of sp³-hybridized carbons (Fsp3) is 0.750. The van der Waals surface area contributed by atoms with Gasteiger partial charge in [0.2, 0.25) is 5.91 Å². The van der Waals surface area contributed by atoms with E-state index in [0.29, 0.717) is 0 Å². The third kappa shape index (κ3) is 3.95. The summed E-state index contributed by atoms with van der Waals surface area (Å²) in [4.78, 5) is 10.9. The van der Waals surface area contributed by atoms with Crippen molar-refractivity contribution in [1.82, 2.24) is 5.32 Å². The van der Waals surface area contributed by atoms with Crippen molar-refractivity contribution in [2.24, 2.45) is 11.8 Å². The third-order valence-electron chi connectivity index (χ3n) is 3.08. The first-order valence-electron chi connectivity index (χ1n) is 5.62. The number of nitrogens with one attached hydrogen (secondary N) is 1. The van der Waals surface area contributed by atoms with Crippen LogP contribution in [0.4, 0.5) is 0 Å². The minimum absolute atomic E-state index is 0.0474. The highest BCUT2D eigenvalue weighted by Crippen LogP contribution is 2.30. The molecule has 1 fully saturated rings. The molecule has 0 aromatic heterocycles. The van der Waals surface area contributed by atoms with E-state index in [4.69, 9.17) is 0 Å². The van der Waals surface area contributed by atoms with Crippen LogP contribution < -0.4 is 5.32 Å². The molecule has 0 saturated heterocycles. The molecule has 2 atom stereocenters. The highest BCUT2D eigenvalue weighted by atomic mass is 16.1. The van der Waals surface area contributed by atoms with Gasteiger partial charge in [-0.3, -0.25) is 4.79 Å². The van der Waals surface area contributed by atoms with E-state index < -0.39 is 0 Å². The smallest absolute Gasteiger partial charge is 0.243 e. The third-order valence-corrected chi connectivity index (χ3v) is 3.08. The van der Waals surface area contributed by atoms with E-state index in [1.807, 2.05) is 0 Å². The van der Waals surface area contributed by atoms with Crippen LogP contribution >= 0.6 is 0 Å². The fourth-order valence-electron chi connectivity index (χ4n) is 2.29. The average Bonchev–Trinajstić information content (AvgIpc) is 2.17. The van der Waals surface area contributed by atoms with E-state index >= 15 is 0 Å². The normalized spacial score (nSPS) is 26.9. The Labute approximate surface area is 86.8 Å². The minimum atomic E-state index is -0.0474. The Bertz CT molecular complexity index is 200. The summed E-state index contributed by atoms with van der Waals surface area (Å²) >= 11 is 0. The molecule has 14 heavy (non-hydrogen) atoms. The monoisotopic (exact) mass is 195 g/mol. The van der Waals surface area contributed by atoms with Gasteiger partial charge in [-0.1, -0.05) is 32.8 Å². The summed E-state index contributed by atoms with van der Waals surface area (Å²) in [5.41, 5.74) is 0. The lowest BCUT2D eigenvalue weighted by molar-refractivity contribution is -0.116. The van der Waals surface area contributed by atoms with Crippen molar-refractivity contribution in [3.05, 3.63) is 12.7 Å². The average molecular weight is 195 g/mol. The SMILES string of the molecule is C=CC(=O)NCCC1CCCC(C)C1. The lowest BCUT2D eigenvalue weighted by atomic mass is 9.81. The van der Waals surface area contributed by atoms with Gasteiger partial charge in [-0.2, -0.15) is 0 Å². The van der Waals surface area contributed by atoms with Crippen molar-refractivity contribution in [3.63, 3.8) is 0 Å². The summed E-state index contributed by atoms with van der Waals surface area (Å²) in [6.45, 7) is 6.56.